The molecule has 1 nitrogen and oxygen atoms in total. The lowest BCUT2D eigenvalue weighted by molar-refractivity contribution is 0.270. The molecule has 16 heavy (non-hydrogen) atoms. The molecule has 0 saturated heterocycles. The predicted octanol–water partition coefficient (Wildman–Crippen LogP) is 3.00. The average Bonchev–Trinajstić information content (AvgIpc) is 2.15. The van der Waals surface area contributed by atoms with E-state index in [4.69, 9.17) is 4.74 Å². The first-order valence-corrected chi connectivity index (χ1v) is 4.94. The van der Waals surface area contributed by atoms with E-state index >= 15 is 0 Å². The van der Waals surface area contributed by atoms with Gasteiger partial charge in [-0.3, -0.25) is 0 Å². The van der Waals surface area contributed by atoms with E-state index in [0.717, 1.165) is 6.07 Å². The third-order valence-corrected chi connectivity index (χ3v) is 2.25. The van der Waals surface area contributed by atoms with Crippen LogP contribution in [0.1, 0.15) is 12.5 Å². The van der Waals surface area contributed by atoms with Crippen molar-refractivity contribution >= 4 is 12.4 Å². The van der Waals surface area contributed by atoms with Gasteiger partial charge < -0.3 is 17.7 Å². The minimum Gasteiger partial charge on any atom is -0.487 e. The van der Waals surface area contributed by atoms with Crippen molar-refractivity contribution in [2.75, 3.05) is 0 Å². The van der Waals surface area contributed by atoms with Gasteiger partial charge >= 0.3 is 6.98 Å². The van der Waals surface area contributed by atoms with E-state index in [1.807, 2.05) is 0 Å². The molecule has 1 atom stereocenters. The highest BCUT2D eigenvalue weighted by molar-refractivity contribution is 6.74. The molecule has 5 heteroatoms. The van der Waals surface area contributed by atoms with Crippen LogP contribution < -0.4 is 10.2 Å². The van der Waals surface area contributed by atoms with Crippen molar-refractivity contribution in [2.45, 2.75) is 20.0 Å². The minimum atomic E-state index is -4.95. The van der Waals surface area contributed by atoms with Gasteiger partial charge in [0.15, 0.2) is 0 Å². The number of hydrogen-bond acceptors (Lipinski definition) is 1. The van der Waals surface area contributed by atoms with Crippen LogP contribution in [-0.4, -0.2) is 13.1 Å². The normalized spacial score (nSPS) is 13.3. The largest absolute Gasteiger partial charge is 0.509 e. The van der Waals surface area contributed by atoms with E-state index < -0.39 is 12.4 Å². The van der Waals surface area contributed by atoms with Crippen LogP contribution in [0.2, 0.25) is 0 Å². The lowest BCUT2D eigenvalue weighted by Crippen LogP contribution is -2.36. The summed E-state index contributed by atoms with van der Waals surface area (Å²) in [5.74, 6) is 0.425. The van der Waals surface area contributed by atoms with Crippen molar-refractivity contribution < 1.29 is 17.7 Å². The van der Waals surface area contributed by atoms with Gasteiger partial charge in [-0.15, -0.1) is 5.46 Å². The Morgan fingerprint density at radius 2 is 2.00 bits per heavy atom. The first kappa shape index (κ1) is 12.7. The van der Waals surface area contributed by atoms with Gasteiger partial charge in [0.2, 0.25) is 0 Å². The molecule has 0 aliphatic carbocycles. The minimum absolute atomic E-state index is 0.182. The highest BCUT2D eigenvalue weighted by Crippen LogP contribution is 2.18. The van der Waals surface area contributed by atoms with Crippen molar-refractivity contribution in [1.82, 2.24) is 0 Å². The summed E-state index contributed by atoms with van der Waals surface area (Å²) in [6.07, 6.45) is 1.36. The number of hydrogen-bond donors (Lipinski definition) is 0. The smallest absolute Gasteiger partial charge is 0.487 e. The summed E-state index contributed by atoms with van der Waals surface area (Å²) < 4.78 is 42.9. The molecule has 0 aliphatic heterocycles. The molecule has 0 bridgehead atoms. The number of aryl methyl sites for hydroxylation is 1. The standard InChI is InChI=1S/C11H13BF3O/c1-4-9(3)16-10-5-6-11(8(2)7-10)12(13,14)15/h4-7,9H,1H2,2-3H3/q-1. The average molecular weight is 229 g/mol. The van der Waals surface area contributed by atoms with Crippen molar-refractivity contribution in [3.63, 3.8) is 0 Å². The molecule has 0 fully saturated rings. The van der Waals surface area contributed by atoms with Gasteiger partial charge in [0, 0.05) is 0 Å². The Hall–Kier alpha value is -1.39. The Kier molecular flexibility index (Phi) is 3.68. The van der Waals surface area contributed by atoms with Crippen LogP contribution in [0, 0.1) is 6.92 Å². The van der Waals surface area contributed by atoms with Crippen LogP contribution in [0.5, 0.6) is 5.75 Å². The third-order valence-electron chi connectivity index (χ3n) is 2.25. The Bertz CT molecular complexity index is 387. The van der Waals surface area contributed by atoms with Gasteiger partial charge in [-0.1, -0.05) is 24.3 Å². The maximum atomic E-state index is 12.5. The van der Waals surface area contributed by atoms with E-state index in [1.54, 1.807) is 13.0 Å². The van der Waals surface area contributed by atoms with Crippen LogP contribution in [0.4, 0.5) is 12.9 Å². The second-order valence-electron chi connectivity index (χ2n) is 3.65. The summed E-state index contributed by atoms with van der Waals surface area (Å²) in [6, 6.07) is 3.78. The highest BCUT2D eigenvalue weighted by atomic mass is 19.4. The van der Waals surface area contributed by atoms with Crippen LogP contribution in [0.3, 0.4) is 0 Å². The topological polar surface area (TPSA) is 9.23 Å². The molecule has 0 saturated carbocycles. The van der Waals surface area contributed by atoms with Crippen LogP contribution in [0.25, 0.3) is 0 Å². The fourth-order valence-corrected chi connectivity index (χ4v) is 1.35. The van der Waals surface area contributed by atoms with Crippen LogP contribution in [0.15, 0.2) is 30.9 Å². The van der Waals surface area contributed by atoms with E-state index in [1.165, 1.54) is 19.1 Å². The molecular weight excluding hydrogens is 216 g/mol. The maximum Gasteiger partial charge on any atom is 0.509 e. The Balaban J connectivity index is 2.95. The van der Waals surface area contributed by atoms with Crippen molar-refractivity contribution in [3.8, 4) is 5.75 Å². The molecule has 0 N–H and O–H groups in total. The molecule has 0 heterocycles. The summed E-state index contributed by atoms with van der Waals surface area (Å²) in [4.78, 5) is 0. The molecule has 0 radical (unpaired) electrons. The lowest BCUT2D eigenvalue weighted by Gasteiger charge is -2.19. The van der Waals surface area contributed by atoms with Crippen LogP contribution in [-0.2, 0) is 0 Å². The number of rotatable bonds is 4. The van der Waals surface area contributed by atoms with Gasteiger partial charge in [-0.2, -0.15) is 0 Å². The number of halogens is 3. The fraction of sp³-hybridized carbons (Fsp3) is 0.273. The second-order valence-corrected chi connectivity index (χ2v) is 3.65. The van der Waals surface area contributed by atoms with E-state index in [-0.39, 0.29) is 11.7 Å². The van der Waals surface area contributed by atoms with Gasteiger partial charge in [0.1, 0.15) is 11.9 Å². The molecule has 0 aliphatic rings. The first-order valence-electron chi connectivity index (χ1n) is 4.94. The van der Waals surface area contributed by atoms with Gasteiger partial charge in [0.25, 0.3) is 0 Å². The summed E-state index contributed by atoms with van der Waals surface area (Å²) in [5, 5.41) is 0. The van der Waals surface area contributed by atoms with E-state index in [9.17, 15) is 12.9 Å². The van der Waals surface area contributed by atoms with E-state index in [2.05, 4.69) is 6.58 Å². The fourth-order valence-electron chi connectivity index (χ4n) is 1.35. The zero-order valence-corrected chi connectivity index (χ0v) is 9.21. The summed E-state index contributed by atoms with van der Waals surface area (Å²) >= 11 is 0. The second kappa shape index (κ2) is 4.64. The molecule has 88 valence electrons. The molecule has 1 aromatic carbocycles. The van der Waals surface area contributed by atoms with Crippen molar-refractivity contribution in [3.05, 3.63) is 36.4 Å². The van der Waals surface area contributed by atoms with Crippen LogP contribution >= 0.6 is 0 Å². The zero-order chi connectivity index (χ0) is 12.3. The Labute approximate surface area is 93.0 Å². The molecule has 1 unspecified atom stereocenters. The van der Waals surface area contributed by atoms with E-state index in [0.29, 0.717) is 5.75 Å². The quantitative estimate of drug-likeness (QED) is 0.569. The summed E-state index contributed by atoms with van der Waals surface area (Å²) in [5.41, 5.74) is -0.389. The van der Waals surface area contributed by atoms with Crippen molar-refractivity contribution in [1.29, 1.82) is 0 Å². The van der Waals surface area contributed by atoms with Gasteiger partial charge in [-0.05, 0) is 26.0 Å². The number of benzene rings is 1. The molecular formula is C11H13BF3O-. The lowest BCUT2D eigenvalue weighted by atomic mass is 9.77. The summed E-state index contributed by atoms with van der Waals surface area (Å²) in [7, 11) is 0. The monoisotopic (exact) mass is 229 g/mol. The molecule has 0 spiro atoms. The first-order chi connectivity index (χ1) is 7.34. The van der Waals surface area contributed by atoms with Crippen molar-refractivity contribution in [2.24, 2.45) is 0 Å². The van der Waals surface area contributed by atoms with Gasteiger partial charge in [0.05, 0.1) is 0 Å². The molecule has 0 aromatic heterocycles. The zero-order valence-electron chi connectivity index (χ0n) is 9.21. The maximum absolute atomic E-state index is 12.5. The SMILES string of the molecule is C=CC(C)Oc1ccc([B-](F)(F)F)c(C)c1. The molecule has 1 aromatic rings. The Morgan fingerprint density at radius 3 is 2.44 bits per heavy atom. The number of ether oxygens (including phenoxy) is 1. The highest BCUT2D eigenvalue weighted by Gasteiger charge is 2.27. The third kappa shape index (κ3) is 3.05. The Morgan fingerprint density at radius 1 is 1.38 bits per heavy atom. The predicted molar refractivity (Wildman–Crippen MR) is 60.2 cm³/mol. The summed E-state index contributed by atoms with van der Waals surface area (Å²) in [6.45, 7) is 1.78. The molecule has 1 rings (SSSR count). The molecule has 0 amide bonds. The van der Waals surface area contributed by atoms with Gasteiger partial charge in [-0.25, -0.2) is 0 Å².